The Labute approximate surface area is 191 Å². The number of thiazole rings is 1. The molecule has 1 aromatic carbocycles. The molecule has 0 N–H and O–H groups in total. The number of amides is 1. The Hall–Kier alpha value is -2.69. The summed E-state index contributed by atoms with van der Waals surface area (Å²) in [5.74, 6) is 1.92. The molecule has 0 aliphatic carbocycles. The van der Waals surface area contributed by atoms with Crippen LogP contribution in [-0.4, -0.2) is 61.3 Å². The Morgan fingerprint density at radius 1 is 1.09 bits per heavy atom. The minimum Gasteiger partial charge on any atom is -0.494 e. The Morgan fingerprint density at radius 3 is 2.38 bits per heavy atom. The normalized spacial score (nSPS) is 15.2. The summed E-state index contributed by atoms with van der Waals surface area (Å²) in [6.07, 6.45) is 0. The van der Waals surface area contributed by atoms with Gasteiger partial charge < -0.3 is 14.1 Å². The van der Waals surface area contributed by atoms with E-state index in [0.717, 1.165) is 5.76 Å². The fraction of sp³-hybridized carbons (Fsp3) is 0.364. The van der Waals surface area contributed by atoms with Crippen LogP contribution in [0.25, 0.3) is 10.8 Å². The number of furan rings is 1. The van der Waals surface area contributed by atoms with Gasteiger partial charge in [-0.3, -0.25) is 4.79 Å². The van der Waals surface area contributed by atoms with Crippen LogP contribution in [0, 0.1) is 13.8 Å². The third kappa shape index (κ3) is 4.43. The van der Waals surface area contributed by atoms with Gasteiger partial charge in [0.05, 0.1) is 17.2 Å². The number of rotatable bonds is 6. The molecule has 170 valence electrons. The van der Waals surface area contributed by atoms with Crippen molar-refractivity contribution in [1.29, 1.82) is 0 Å². The predicted molar refractivity (Wildman–Crippen MR) is 122 cm³/mol. The molecule has 10 heteroatoms. The van der Waals surface area contributed by atoms with Crippen molar-refractivity contribution < 1.29 is 22.4 Å². The van der Waals surface area contributed by atoms with Crippen LogP contribution in [0.3, 0.4) is 0 Å². The number of nitrogens with zero attached hydrogens (tertiary/aromatic N) is 3. The maximum absolute atomic E-state index is 13.1. The molecule has 0 radical (unpaired) electrons. The highest BCUT2D eigenvalue weighted by Crippen LogP contribution is 2.30. The molecule has 4 rings (SSSR count). The summed E-state index contributed by atoms with van der Waals surface area (Å²) in [5, 5.41) is 0.663. The summed E-state index contributed by atoms with van der Waals surface area (Å²) in [6.45, 7) is 7.17. The number of carbonyl (C=O) groups is 1. The lowest BCUT2D eigenvalue weighted by molar-refractivity contribution is 0.0702. The number of sulfonamides is 1. The molecule has 8 nitrogen and oxygen atoms in total. The quantitative estimate of drug-likeness (QED) is 0.541. The summed E-state index contributed by atoms with van der Waals surface area (Å²) in [5.41, 5.74) is 0.647. The first-order chi connectivity index (χ1) is 15.3. The summed E-state index contributed by atoms with van der Waals surface area (Å²) in [6, 6.07) is 10.1. The van der Waals surface area contributed by atoms with Crippen LogP contribution < -0.4 is 4.74 Å². The van der Waals surface area contributed by atoms with E-state index in [2.05, 4.69) is 4.98 Å². The molecule has 1 fully saturated rings. The van der Waals surface area contributed by atoms with Gasteiger partial charge in [-0.15, -0.1) is 11.3 Å². The molecule has 3 heterocycles. The molecule has 0 bridgehead atoms. The zero-order chi connectivity index (χ0) is 22.9. The van der Waals surface area contributed by atoms with E-state index in [9.17, 15) is 13.2 Å². The number of ether oxygens (including phenoxy) is 1. The van der Waals surface area contributed by atoms with E-state index in [-0.39, 0.29) is 23.9 Å². The first-order valence-corrected chi connectivity index (χ1v) is 12.6. The predicted octanol–water partition coefficient (Wildman–Crippen LogP) is 3.57. The lowest BCUT2D eigenvalue weighted by atomic mass is 10.3. The van der Waals surface area contributed by atoms with Gasteiger partial charge in [-0.1, -0.05) is 0 Å². The molecule has 0 spiro atoms. The van der Waals surface area contributed by atoms with Crippen LogP contribution in [-0.2, 0) is 10.0 Å². The van der Waals surface area contributed by atoms with Crippen LogP contribution in [0.15, 0.2) is 45.7 Å². The molecule has 2 aromatic heterocycles. The summed E-state index contributed by atoms with van der Waals surface area (Å²) in [4.78, 5) is 20.0. The number of carbonyl (C=O) groups excluding carboxylic acids is 1. The van der Waals surface area contributed by atoms with Gasteiger partial charge in [0.25, 0.3) is 5.91 Å². The number of piperazine rings is 1. The second kappa shape index (κ2) is 9.05. The molecular weight excluding hydrogens is 450 g/mol. The second-order valence-corrected chi connectivity index (χ2v) is 10.4. The number of hydrogen-bond donors (Lipinski definition) is 0. The fourth-order valence-corrected chi connectivity index (χ4v) is 5.97. The summed E-state index contributed by atoms with van der Waals surface area (Å²) < 4.78 is 38.4. The molecule has 0 saturated carbocycles. The van der Waals surface area contributed by atoms with E-state index in [0.29, 0.717) is 46.8 Å². The zero-order valence-electron chi connectivity index (χ0n) is 18.2. The minimum absolute atomic E-state index is 0.132. The lowest BCUT2D eigenvalue weighted by Crippen LogP contribution is -2.50. The average molecular weight is 476 g/mol. The smallest absolute Gasteiger partial charge is 0.265 e. The monoisotopic (exact) mass is 475 g/mol. The molecule has 0 atom stereocenters. The minimum atomic E-state index is -3.63. The van der Waals surface area contributed by atoms with Crippen molar-refractivity contribution in [2.45, 2.75) is 25.7 Å². The Bertz CT molecular complexity index is 1210. The van der Waals surface area contributed by atoms with Crippen molar-refractivity contribution in [3.8, 4) is 16.5 Å². The van der Waals surface area contributed by atoms with Gasteiger partial charge in [0, 0.05) is 26.2 Å². The maximum atomic E-state index is 13.1. The van der Waals surface area contributed by atoms with E-state index in [1.807, 2.05) is 26.0 Å². The molecular formula is C22H25N3O5S2. The van der Waals surface area contributed by atoms with Gasteiger partial charge in [0.2, 0.25) is 10.0 Å². The van der Waals surface area contributed by atoms with Crippen molar-refractivity contribution in [1.82, 2.24) is 14.2 Å². The third-order valence-electron chi connectivity index (χ3n) is 5.24. The lowest BCUT2D eigenvalue weighted by Gasteiger charge is -2.33. The van der Waals surface area contributed by atoms with Crippen LogP contribution >= 0.6 is 11.3 Å². The van der Waals surface area contributed by atoms with E-state index in [1.54, 1.807) is 36.1 Å². The average Bonchev–Trinajstić information content (AvgIpc) is 3.39. The van der Waals surface area contributed by atoms with Crippen molar-refractivity contribution in [3.05, 3.63) is 52.7 Å². The fourth-order valence-electron chi connectivity index (χ4n) is 3.55. The maximum Gasteiger partial charge on any atom is 0.265 e. The van der Waals surface area contributed by atoms with Crippen molar-refractivity contribution >= 4 is 27.3 Å². The van der Waals surface area contributed by atoms with Crippen molar-refractivity contribution in [3.63, 3.8) is 0 Å². The number of benzene rings is 1. The van der Waals surface area contributed by atoms with Gasteiger partial charge in [-0.25, -0.2) is 13.4 Å². The first-order valence-electron chi connectivity index (χ1n) is 10.4. The molecule has 1 amide bonds. The topological polar surface area (TPSA) is 93.0 Å². The summed E-state index contributed by atoms with van der Waals surface area (Å²) >= 11 is 1.30. The number of aryl methyl sites for hydroxylation is 2. The zero-order valence-corrected chi connectivity index (χ0v) is 19.8. The van der Waals surface area contributed by atoms with Crippen LogP contribution in [0.5, 0.6) is 5.75 Å². The molecule has 1 aliphatic heterocycles. The summed E-state index contributed by atoms with van der Waals surface area (Å²) in [7, 11) is -3.63. The highest BCUT2D eigenvalue weighted by Gasteiger charge is 2.32. The van der Waals surface area contributed by atoms with Crippen LogP contribution in [0.1, 0.15) is 28.0 Å². The Balaban J connectivity index is 1.43. The van der Waals surface area contributed by atoms with E-state index in [4.69, 9.17) is 9.15 Å². The largest absolute Gasteiger partial charge is 0.494 e. The number of hydrogen-bond acceptors (Lipinski definition) is 7. The molecule has 3 aromatic rings. The molecule has 32 heavy (non-hydrogen) atoms. The third-order valence-corrected chi connectivity index (χ3v) is 8.31. The van der Waals surface area contributed by atoms with Gasteiger partial charge in [0.15, 0.2) is 10.8 Å². The van der Waals surface area contributed by atoms with Crippen LogP contribution in [0.4, 0.5) is 0 Å². The Kier molecular flexibility index (Phi) is 6.36. The van der Waals surface area contributed by atoms with Gasteiger partial charge >= 0.3 is 0 Å². The number of aromatic nitrogens is 1. The first kappa shape index (κ1) is 22.5. The van der Waals surface area contributed by atoms with Crippen molar-refractivity contribution in [2.75, 3.05) is 32.8 Å². The van der Waals surface area contributed by atoms with E-state index < -0.39 is 10.0 Å². The van der Waals surface area contributed by atoms with Crippen LogP contribution in [0.2, 0.25) is 0 Å². The van der Waals surface area contributed by atoms with Gasteiger partial charge in [-0.2, -0.15) is 4.31 Å². The highest BCUT2D eigenvalue weighted by atomic mass is 32.2. The van der Waals surface area contributed by atoms with Gasteiger partial charge in [-0.05, 0) is 57.2 Å². The Morgan fingerprint density at radius 2 is 1.78 bits per heavy atom. The van der Waals surface area contributed by atoms with E-state index in [1.165, 1.54) is 15.6 Å². The van der Waals surface area contributed by atoms with E-state index >= 15 is 0 Å². The molecule has 0 unspecified atom stereocenters. The SMILES string of the molecule is CCOc1ccc(S(=O)(=O)N2CCN(C(=O)c3sc(-c4ccc(C)o4)nc3C)CC2)cc1. The second-order valence-electron chi connectivity index (χ2n) is 7.44. The standard InChI is InChI=1S/C22H25N3O5S2/c1-4-29-17-6-8-18(9-7-17)32(27,28)25-13-11-24(12-14-25)22(26)20-16(3)23-21(31-20)19-10-5-15(2)30-19/h5-10H,4,11-14H2,1-3H3. The van der Waals surface area contributed by atoms with Gasteiger partial charge in [0.1, 0.15) is 16.4 Å². The van der Waals surface area contributed by atoms with Crippen molar-refractivity contribution in [2.24, 2.45) is 0 Å². The molecule has 1 saturated heterocycles. The highest BCUT2D eigenvalue weighted by molar-refractivity contribution is 7.89. The molecule has 1 aliphatic rings.